The summed E-state index contributed by atoms with van der Waals surface area (Å²) in [6.07, 6.45) is 1.33. The Balaban J connectivity index is 2.14. The molecule has 5 nitrogen and oxygen atoms in total. The van der Waals surface area contributed by atoms with Crippen molar-refractivity contribution in [3.05, 3.63) is 56.5 Å². The van der Waals surface area contributed by atoms with Gasteiger partial charge in [0.2, 0.25) is 0 Å². The molecule has 0 spiro atoms. The molecule has 1 aromatic carbocycles. The van der Waals surface area contributed by atoms with Gasteiger partial charge in [-0.1, -0.05) is 12.1 Å². The smallest absolute Gasteiger partial charge is 0.267 e. The molecule has 90 valence electrons. The van der Waals surface area contributed by atoms with Crippen molar-refractivity contribution in [2.75, 3.05) is 5.32 Å². The van der Waals surface area contributed by atoms with E-state index >= 15 is 0 Å². The first kappa shape index (κ1) is 12.3. The Kier molecular flexibility index (Phi) is 3.75. The molecule has 0 aliphatic carbocycles. The molecule has 0 amide bonds. The molecule has 1 heterocycles. The van der Waals surface area contributed by atoms with E-state index in [-0.39, 0.29) is 5.56 Å². The number of hydrogen-bond donors (Lipinski definition) is 2. The van der Waals surface area contributed by atoms with E-state index in [0.717, 1.165) is 5.56 Å². The summed E-state index contributed by atoms with van der Waals surface area (Å²) in [6.45, 7) is 0.491. The Hall–Kier alpha value is -2.13. The molecular weight excluding hydrogens is 296 g/mol. The lowest BCUT2D eigenvalue weighted by molar-refractivity contribution is 1.05. The van der Waals surface area contributed by atoms with Crippen molar-refractivity contribution in [2.24, 2.45) is 0 Å². The van der Waals surface area contributed by atoms with Gasteiger partial charge in [0.15, 0.2) is 0 Å². The van der Waals surface area contributed by atoms with Crippen molar-refractivity contribution in [2.45, 2.75) is 6.54 Å². The highest BCUT2D eigenvalue weighted by Gasteiger charge is 2.04. The van der Waals surface area contributed by atoms with Gasteiger partial charge in [0.1, 0.15) is 10.3 Å². The lowest BCUT2D eigenvalue weighted by Crippen LogP contribution is -2.12. The van der Waals surface area contributed by atoms with Crippen molar-refractivity contribution < 1.29 is 0 Å². The Bertz CT molecular complexity index is 660. The number of aromatic amines is 1. The second-order valence-corrected chi connectivity index (χ2v) is 4.35. The van der Waals surface area contributed by atoms with E-state index in [2.05, 4.69) is 37.3 Å². The molecule has 6 heteroatoms. The summed E-state index contributed by atoms with van der Waals surface area (Å²) >= 11 is 3.16. The maximum atomic E-state index is 11.3. The number of rotatable bonds is 3. The average molecular weight is 305 g/mol. The third-order valence-electron chi connectivity index (χ3n) is 2.31. The fourth-order valence-corrected chi connectivity index (χ4v) is 1.80. The van der Waals surface area contributed by atoms with Crippen molar-refractivity contribution in [1.82, 2.24) is 9.97 Å². The highest BCUT2D eigenvalue weighted by atomic mass is 79.9. The number of nitrogens with one attached hydrogen (secondary N) is 2. The van der Waals surface area contributed by atoms with Crippen LogP contribution in [0, 0.1) is 11.3 Å². The van der Waals surface area contributed by atoms with Gasteiger partial charge in [-0.05, 0) is 33.6 Å². The number of benzene rings is 1. The van der Waals surface area contributed by atoms with E-state index < -0.39 is 0 Å². The van der Waals surface area contributed by atoms with E-state index in [1.54, 1.807) is 12.1 Å². The summed E-state index contributed by atoms with van der Waals surface area (Å²) in [7, 11) is 0. The van der Waals surface area contributed by atoms with Gasteiger partial charge in [-0.3, -0.25) is 4.79 Å². The van der Waals surface area contributed by atoms with Crippen LogP contribution in [0.5, 0.6) is 0 Å². The van der Waals surface area contributed by atoms with E-state index in [0.29, 0.717) is 22.4 Å². The molecule has 0 atom stereocenters. The lowest BCUT2D eigenvalue weighted by atomic mass is 10.1. The zero-order chi connectivity index (χ0) is 13.0. The van der Waals surface area contributed by atoms with Gasteiger partial charge in [0.05, 0.1) is 18.0 Å². The molecule has 0 bridgehead atoms. The first-order valence-corrected chi connectivity index (χ1v) is 5.96. The van der Waals surface area contributed by atoms with Crippen LogP contribution in [0.15, 0.2) is 39.9 Å². The molecule has 2 rings (SSSR count). The first-order chi connectivity index (χ1) is 8.70. The third kappa shape index (κ3) is 2.76. The standard InChI is InChI=1S/C12H9BrN4O/c13-10-11(16-7-17-12(10)18)15-6-9-3-1-2-8(4-9)5-14/h1-4,7H,6H2,(H2,15,16,17,18). The minimum Gasteiger partial charge on any atom is -0.365 e. The predicted octanol–water partition coefficient (Wildman–Crippen LogP) is 2.02. The SMILES string of the molecule is N#Cc1cccc(CNc2nc[nH]c(=O)c2Br)c1. The monoisotopic (exact) mass is 304 g/mol. The van der Waals surface area contributed by atoms with Crippen LogP contribution in [-0.2, 0) is 6.54 Å². The van der Waals surface area contributed by atoms with Crippen LogP contribution in [0.25, 0.3) is 0 Å². The fraction of sp³-hybridized carbons (Fsp3) is 0.0833. The molecule has 2 aromatic rings. The minimum absolute atomic E-state index is 0.238. The highest BCUT2D eigenvalue weighted by Crippen LogP contribution is 2.14. The van der Waals surface area contributed by atoms with Gasteiger partial charge in [0, 0.05) is 6.54 Å². The van der Waals surface area contributed by atoms with Crippen LogP contribution in [0.4, 0.5) is 5.82 Å². The molecule has 0 aliphatic rings. The van der Waals surface area contributed by atoms with Gasteiger partial charge in [-0.15, -0.1) is 0 Å². The number of H-pyrrole nitrogens is 1. The average Bonchev–Trinajstić information content (AvgIpc) is 2.41. The quantitative estimate of drug-likeness (QED) is 0.909. The Morgan fingerprint density at radius 3 is 3.11 bits per heavy atom. The number of halogens is 1. The lowest BCUT2D eigenvalue weighted by Gasteiger charge is -2.06. The van der Waals surface area contributed by atoms with Crippen LogP contribution in [0.1, 0.15) is 11.1 Å². The molecule has 0 fully saturated rings. The van der Waals surface area contributed by atoms with Crippen LogP contribution < -0.4 is 10.9 Å². The van der Waals surface area contributed by atoms with Gasteiger partial charge in [0.25, 0.3) is 5.56 Å². The van der Waals surface area contributed by atoms with E-state index in [4.69, 9.17) is 5.26 Å². The Morgan fingerprint density at radius 2 is 2.33 bits per heavy atom. The predicted molar refractivity (Wildman–Crippen MR) is 71.0 cm³/mol. The summed E-state index contributed by atoms with van der Waals surface area (Å²) in [4.78, 5) is 17.8. The zero-order valence-electron chi connectivity index (χ0n) is 9.27. The van der Waals surface area contributed by atoms with Crippen molar-refractivity contribution in [3.63, 3.8) is 0 Å². The molecule has 1 aromatic heterocycles. The second-order valence-electron chi connectivity index (χ2n) is 3.56. The fourth-order valence-electron chi connectivity index (χ4n) is 1.44. The van der Waals surface area contributed by atoms with Crippen molar-refractivity contribution in [1.29, 1.82) is 5.26 Å². The Labute approximate surface area is 112 Å². The van der Waals surface area contributed by atoms with E-state index in [1.165, 1.54) is 6.33 Å². The summed E-state index contributed by atoms with van der Waals surface area (Å²) < 4.78 is 0.362. The van der Waals surface area contributed by atoms with Crippen LogP contribution in [-0.4, -0.2) is 9.97 Å². The third-order valence-corrected chi connectivity index (χ3v) is 3.05. The molecule has 2 N–H and O–H groups in total. The van der Waals surface area contributed by atoms with Crippen LogP contribution in [0.2, 0.25) is 0 Å². The van der Waals surface area contributed by atoms with Gasteiger partial charge < -0.3 is 10.3 Å². The molecule has 0 saturated heterocycles. The van der Waals surface area contributed by atoms with Crippen LogP contribution >= 0.6 is 15.9 Å². The summed E-state index contributed by atoms with van der Waals surface area (Å²) in [6, 6.07) is 9.32. The second kappa shape index (κ2) is 5.47. The molecule has 0 saturated carbocycles. The first-order valence-electron chi connectivity index (χ1n) is 5.17. The molecule has 0 aliphatic heterocycles. The highest BCUT2D eigenvalue weighted by molar-refractivity contribution is 9.10. The molecule has 18 heavy (non-hydrogen) atoms. The summed E-state index contributed by atoms with van der Waals surface area (Å²) in [5.41, 5.74) is 1.31. The zero-order valence-corrected chi connectivity index (χ0v) is 10.9. The van der Waals surface area contributed by atoms with Crippen molar-refractivity contribution in [3.8, 4) is 6.07 Å². The maximum absolute atomic E-state index is 11.3. The van der Waals surface area contributed by atoms with Crippen LogP contribution in [0.3, 0.4) is 0 Å². The molecule has 0 unspecified atom stereocenters. The van der Waals surface area contributed by atoms with E-state index in [1.807, 2.05) is 12.1 Å². The minimum atomic E-state index is -0.238. The number of hydrogen-bond acceptors (Lipinski definition) is 4. The molecular formula is C12H9BrN4O. The maximum Gasteiger partial charge on any atom is 0.267 e. The summed E-state index contributed by atoms with van der Waals surface area (Å²) in [5, 5.41) is 11.8. The number of nitrogens with zero attached hydrogens (tertiary/aromatic N) is 2. The normalized spacial score (nSPS) is 9.78. The Morgan fingerprint density at radius 1 is 1.50 bits per heavy atom. The van der Waals surface area contributed by atoms with Gasteiger partial charge in [-0.25, -0.2) is 4.98 Å². The number of nitriles is 1. The topological polar surface area (TPSA) is 81.6 Å². The largest absolute Gasteiger partial charge is 0.365 e. The van der Waals surface area contributed by atoms with Crippen molar-refractivity contribution >= 4 is 21.7 Å². The van der Waals surface area contributed by atoms with Gasteiger partial charge >= 0.3 is 0 Å². The van der Waals surface area contributed by atoms with Gasteiger partial charge in [-0.2, -0.15) is 5.26 Å². The van der Waals surface area contributed by atoms with E-state index in [9.17, 15) is 4.79 Å². The number of aromatic nitrogens is 2. The summed E-state index contributed by atoms with van der Waals surface area (Å²) in [5.74, 6) is 0.473. The number of anilines is 1. The molecule has 0 radical (unpaired) electrons.